The summed E-state index contributed by atoms with van der Waals surface area (Å²) in [5.74, 6) is 0.0975. The van der Waals surface area contributed by atoms with Gasteiger partial charge in [0.1, 0.15) is 19.9 Å². The number of aromatic nitrogens is 4. The van der Waals surface area contributed by atoms with Gasteiger partial charge in [-0.2, -0.15) is 10.2 Å². The molecule has 0 aliphatic rings. The molecule has 0 spiro atoms. The molecule has 22 heavy (non-hydrogen) atoms. The van der Waals surface area contributed by atoms with Crippen molar-refractivity contribution in [1.29, 1.82) is 0 Å². The molecule has 1 aromatic carbocycles. The van der Waals surface area contributed by atoms with Gasteiger partial charge < -0.3 is 5.11 Å². The van der Waals surface area contributed by atoms with Crippen LogP contribution in [-0.2, 0) is 0 Å². The Kier molecular flexibility index (Phi) is 6.96. The quantitative estimate of drug-likeness (QED) is 0.698. The molecule has 112 valence electrons. The fourth-order valence-corrected chi connectivity index (χ4v) is 1.71. The Balaban J connectivity index is 0.000000561. The van der Waals surface area contributed by atoms with E-state index in [4.69, 9.17) is 7.85 Å². The largest absolute Gasteiger partial charge is 0.507 e. The summed E-state index contributed by atoms with van der Waals surface area (Å²) < 4.78 is 0. The minimum Gasteiger partial charge on any atom is -0.507 e. The van der Waals surface area contributed by atoms with Gasteiger partial charge in [0, 0.05) is 28.8 Å². The zero-order valence-corrected chi connectivity index (χ0v) is 13.3. The zero-order valence-electron chi connectivity index (χ0n) is 13.3. The number of fused-ring (bicyclic) bond motifs is 1. The van der Waals surface area contributed by atoms with E-state index in [-0.39, 0.29) is 5.75 Å². The van der Waals surface area contributed by atoms with Gasteiger partial charge in [0.2, 0.25) is 0 Å². The SMILES string of the molecule is CC.CC.[B]c1ccc(-c2cc3cncnc3cc2O)nn1. The van der Waals surface area contributed by atoms with Crippen LogP contribution in [0.25, 0.3) is 22.2 Å². The first-order valence-electron chi connectivity index (χ1n) is 7.26. The van der Waals surface area contributed by atoms with E-state index in [1.807, 2.05) is 27.7 Å². The molecule has 2 radical (unpaired) electrons. The summed E-state index contributed by atoms with van der Waals surface area (Å²) in [4.78, 5) is 8.01. The van der Waals surface area contributed by atoms with E-state index in [1.165, 1.54) is 6.33 Å². The summed E-state index contributed by atoms with van der Waals surface area (Å²) >= 11 is 0. The highest BCUT2D eigenvalue weighted by molar-refractivity contribution is 6.30. The third-order valence-corrected chi connectivity index (χ3v) is 2.58. The van der Waals surface area contributed by atoms with Crippen molar-refractivity contribution in [1.82, 2.24) is 20.2 Å². The molecule has 6 heteroatoms. The van der Waals surface area contributed by atoms with Crippen LogP contribution in [0.15, 0.2) is 36.8 Å². The summed E-state index contributed by atoms with van der Waals surface area (Å²) in [6, 6.07) is 6.68. The lowest BCUT2D eigenvalue weighted by molar-refractivity contribution is 0.477. The Hall–Kier alpha value is -2.50. The van der Waals surface area contributed by atoms with Gasteiger partial charge in [-0.05, 0) is 18.2 Å². The molecule has 2 aromatic heterocycles. The fourth-order valence-electron chi connectivity index (χ4n) is 1.71. The van der Waals surface area contributed by atoms with Crippen LogP contribution < -0.4 is 5.59 Å². The molecule has 0 atom stereocenters. The molecule has 2 heterocycles. The lowest BCUT2D eigenvalue weighted by atomic mass is 10.0. The molecule has 5 nitrogen and oxygen atoms in total. The predicted octanol–water partition coefficient (Wildman–Crippen LogP) is 2.64. The molecule has 0 aliphatic carbocycles. The molecule has 0 aliphatic heterocycles. The Labute approximate surface area is 131 Å². The van der Waals surface area contributed by atoms with Crippen molar-refractivity contribution in [3.8, 4) is 17.0 Å². The standard InChI is InChI=1S/C12H7BN4O.2C2H6/c13-12-2-1-9(16-17-12)8-3-7-5-14-6-15-10(7)4-11(8)18;2*1-2/h1-6,18H;2*1-2H3. The van der Waals surface area contributed by atoms with Crippen molar-refractivity contribution in [3.63, 3.8) is 0 Å². The third-order valence-electron chi connectivity index (χ3n) is 2.58. The molecule has 3 rings (SSSR count). The first-order chi connectivity index (χ1) is 10.7. The van der Waals surface area contributed by atoms with Crippen molar-refractivity contribution < 1.29 is 5.11 Å². The normalized spacial score (nSPS) is 9.27. The van der Waals surface area contributed by atoms with Crippen LogP contribution in [0.4, 0.5) is 0 Å². The summed E-state index contributed by atoms with van der Waals surface area (Å²) in [6.07, 6.45) is 3.11. The van der Waals surface area contributed by atoms with Gasteiger partial charge in [-0.15, -0.1) is 0 Å². The van der Waals surface area contributed by atoms with Crippen LogP contribution in [0, 0.1) is 0 Å². The number of hydrogen-bond donors (Lipinski definition) is 1. The van der Waals surface area contributed by atoms with Crippen molar-refractivity contribution in [2.75, 3.05) is 0 Å². The van der Waals surface area contributed by atoms with Gasteiger partial charge in [0.15, 0.2) is 0 Å². The van der Waals surface area contributed by atoms with E-state index in [0.717, 1.165) is 5.39 Å². The highest BCUT2D eigenvalue weighted by Crippen LogP contribution is 2.30. The van der Waals surface area contributed by atoms with E-state index < -0.39 is 0 Å². The van der Waals surface area contributed by atoms with Crippen LogP contribution >= 0.6 is 0 Å². The number of rotatable bonds is 1. The fraction of sp³-hybridized carbons (Fsp3) is 0.250. The molecular weight excluding hydrogens is 275 g/mol. The molecule has 0 unspecified atom stereocenters. The maximum absolute atomic E-state index is 9.97. The summed E-state index contributed by atoms with van der Waals surface area (Å²) in [5, 5.41) is 18.5. The Morgan fingerprint density at radius 2 is 1.73 bits per heavy atom. The van der Waals surface area contributed by atoms with Crippen LogP contribution in [-0.4, -0.2) is 33.1 Å². The zero-order chi connectivity index (χ0) is 16.5. The second-order valence-electron chi connectivity index (χ2n) is 3.79. The molecule has 1 N–H and O–H groups in total. The van der Waals surface area contributed by atoms with Crippen LogP contribution in [0.3, 0.4) is 0 Å². The van der Waals surface area contributed by atoms with Gasteiger partial charge >= 0.3 is 0 Å². The van der Waals surface area contributed by atoms with Gasteiger partial charge in [0.25, 0.3) is 0 Å². The second-order valence-corrected chi connectivity index (χ2v) is 3.79. The van der Waals surface area contributed by atoms with E-state index in [9.17, 15) is 5.11 Å². The van der Waals surface area contributed by atoms with Gasteiger partial charge in [-0.25, -0.2) is 9.97 Å². The number of aromatic hydroxyl groups is 1. The smallest absolute Gasteiger partial charge is 0.144 e. The predicted molar refractivity (Wildman–Crippen MR) is 90.3 cm³/mol. The maximum Gasteiger partial charge on any atom is 0.144 e. The van der Waals surface area contributed by atoms with Crippen LogP contribution in [0.5, 0.6) is 5.75 Å². The summed E-state index contributed by atoms with van der Waals surface area (Å²) in [5.41, 5.74) is 2.13. The Morgan fingerprint density at radius 3 is 2.36 bits per heavy atom. The summed E-state index contributed by atoms with van der Waals surface area (Å²) in [7, 11) is 5.48. The first-order valence-corrected chi connectivity index (χ1v) is 7.26. The van der Waals surface area contributed by atoms with Crippen LogP contribution in [0.2, 0.25) is 0 Å². The molecule has 0 amide bonds. The average Bonchev–Trinajstić information content (AvgIpc) is 2.59. The van der Waals surface area contributed by atoms with E-state index in [0.29, 0.717) is 22.4 Å². The first kappa shape index (κ1) is 17.6. The lowest BCUT2D eigenvalue weighted by Gasteiger charge is -2.05. The molecule has 0 bridgehead atoms. The summed E-state index contributed by atoms with van der Waals surface area (Å²) in [6.45, 7) is 8.00. The van der Waals surface area contributed by atoms with Gasteiger partial charge in [-0.3, -0.25) is 0 Å². The minimum atomic E-state index is 0.0975. The van der Waals surface area contributed by atoms with Crippen molar-refractivity contribution in [2.24, 2.45) is 0 Å². The molecule has 0 saturated carbocycles. The number of phenols is 1. The second kappa shape index (κ2) is 8.72. The minimum absolute atomic E-state index is 0.0975. The Bertz CT molecular complexity index is 717. The Morgan fingerprint density at radius 1 is 1.00 bits per heavy atom. The third kappa shape index (κ3) is 4.01. The van der Waals surface area contributed by atoms with Gasteiger partial charge in [-0.1, -0.05) is 27.7 Å². The highest BCUT2D eigenvalue weighted by Gasteiger charge is 2.08. The van der Waals surface area contributed by atoms with Crippen molar-refractivity contribution in [2.45, 2.75) is 27.7 Å². The van der Waals surface area contributed by atoms with Crippen LogP contribution in [0.1, 0.15) is 27.7 Å². The molecule has 0 fully saturated rings. The van der Waals surface area contributed by atoms with Crippen molar-refractivity contribution in [3.05, 3.63) is 36.8 Å². The highest BCUT2D eigenvalue weighted by atomic mass is 16.3. The molecule has 0 saturated heterocycles. The number of phenolic OH excluding ortho intramolecular Hbond substituents is 1. The van der Waals surface area contributed by atoms with Gasteiger partial charge in [0.05, 0.1) is 11.2 Å². The van der Waals surface area contributed by atoms with E-state index in [1.54, 1.807) is 30.5 Å². The molecular formula is C16H19BN4O. The number of benzene rings is 1. The molecule has 3 aromatic rings. The lowest BCUT2D eigenvalue weighted by Crippen LogP contribution is -2.09. The van der Waals surface area contributed by atoms with Crippen molar-refractivity contribution >= 4 is 24.3 Å². The van der Waals surface area contributed by atoms with E-state index >= 15 is 0 Å². The topological polar surface area (TPSA) is 71.8 Å². The maximum atomic E-state index is 9.97. The number of hydrogen-bond acceptors (Lipinski definition) is 5. The number of nitrogens with zero attached hydrogens (tertiary/aromatic N) is 4. The van der Waals surface area contributed by atoms with E-state index in [2.05, 4.69) is 20.2 Å². The monoisotopic (exact) mass is 294 g/mol. The average molecular weight is 294 g/mol.